The predicted octanol–water partition coefficient (Wildman–Crippen LogP) is 2.06. The molecule has 1 amide bonds. The van der Waals surface area contributed by atoms with E-state index in [0.29, 0.717) is 19.6 Å². The first kappa shape index (κ1) is 25.3. The second-order valence-corrected chi connectivity index (χ2v) is 8.25. The van der Waals surface area contributed by atoms with E-state index < -0.39 is 0 Å². The van der Waals surface area contributed by atoms with Gasteiger partial charge in [0.25, 0.3) is 0 Å². The Morgan fingerprint density at radius 3 is 2.50 bits per heavy atom. The van der Waals surface area contributed by atoms with Crippen LogP contribution < -0.4 is 15.5 Å². The summed E-state index contributed by atoms with van der Waals surface area (Å²) in [6.45, 7) is 7.16. The topological polar surface area (TPSA) is 106 Å². The second-order valence-electron chi connectivity index (χ2n) is 8.25. The maximum Gasteiger partial charge on any atom is 0.222 e. The minimum atomic E-state index is -0.0226. The summed E-state index contributed by atoms with van der Waals surface area (Å²) >= 11 is 0. The molecule has 2 heterocycles. The fraction of sp³-hybridized carbons (Fsp3) is 0.440. The highest BCUT2D eigenvalue weighted by Gasteiger charge is 2.22. The Balaban J connectivity index is 1.63. The monoisotopic (exact) mass is 465 g/mol. The number of carbonyl (C=O) groups excluding carboxylic acids is 1. The maximum absolute atomic E-state index is 11.8. The molecule has 1 fully saturated rings. The van der Waals surface area contributed by atoms with Crippen molar-refractivity contribution in [3.63, 3.8) is 0 Å². The van der Waals surface area contributed by atoms with Crippen LogP contribution in [0.5, 0.6) is 0 Å². The third-order valence-corrected chi connectivity index (χ3v) is 6.03. The summed E-state index contributed by atoms with van der Waals surface area (Å²) in [4.78, 5) is 25.7. The van der Waals surface area contributed by atoms with Gasteiger partial charge in [0.15, 0.2) is 5.82 Å². The van der Waals surface area contributed by atoms with Crippen LogP contribution in [0.4, 0.5) is 5.82 Å². The Labute approximate surface area is 201 Å². The van der Waals surface area contributed by atoms with Gasteiger partial charge < -0.3 is 25.7 Å². The zero-order chi connectivity index (χ0) is 24.3. The van der Waals surface area contributed by atoms with Gasteiger partial charge in [-0.1, -0.05) is 24.3 Å². The van der Waals surface area contributed by atoms with Crippen molar-refractivity contribution in [1.29, 1.82) is 5.41 Å². The number of piperazine rings is 1. The van der Waals surface area contributed by atoms with E-state index in [1.807, 2.05) is 38.2 Å². The van der Waals surface area contributed by atoms with Crippen LogP contribution in [-0.2, 0) is 16.1 Å². The summed E-state index contributed by atoms with van der Waals surface area (Å²) in [5.41, 5.74) is 4.93. The molecular formula is C25H35N7O2. The molecule has 182 valence electrons. The molecule has 0 atom stereocenters. The zero-order valence-electron chi connectivity index (χ0n) is 20.3. The van der Waals surface area contributed by atoms with Crippen molar-refractivity contribution in [2.45, 2.75) is 19.9 Å². The number of nitrogens with zero attached hydrogens (tertiary/aromatic N) is 4. The average molecular weight is 466 g/mol. The normalized spacial score (nSPS) is 15.0. The number of anilines is 1. The molecule has 0 radical (unpaired) electrons. The summed E-state index contributed by atoms with van der Waals surface area (Å²) < 4.78 is 4.94. The van der Waals surface area contributed by atoms with Gasteiger partial charge in [-0.05, 0) is 12.5 Å². The molecule has 1 aromatic carbocycles. The number of carbonyl (C=O) groups is 1. The summed E-state index contributed by atoms with van der Waals surface area (Å²) in [6.07, 6.45) is 5.26. The molecule has 1 saturated heterocycles. The van der Waals surface area contributed by atoms with Crippen LogP contribution in [0.3, 0.4) is 0 Å². The average Bonchev–Trinajstić information content (AvgIpc) is 2.89. The van der Waals surface area contributed by atoms with Crippen LogP contribution in [0.1, 0.15) is 18.9 Å². The number of methoxy groups -OCH3 is 1. The number of hydrogen-bond donors (Lipinski definition) is 3. The van der Waals surface area contributed by atoms with E-state index in [9.17, 15) is 4.79 Å². The molecule has 9 nitrogen and oxygen atoms in total. The van der Waals surface area contributed by atoms with E-state index in [0.717, 1.165) is 66.6 Å². The Morgan fingerprint density at radius 1 is 1.15 bits per heavy atom. The molecule has 0 bridgehead atoms. The maximum atomic E-state index is 11.8. The first-order valence-corrected chi connectivity index (χ1v) is 11.6. The minimum Gasteiger partial charge on any atom is -0.391 e. The van der Waals surface area contributed by atoms with Crippen LogP contribution in [-0.4, -0.2) is 80.5 Å². The number of hydrogen-bond acceptors (Lipinski definition) is 8. The molecule has 1 aliphatic heterocycles. The molecule has 1 aliphatic rings. The molecule has 3 rings (SSSR count). The van der Waals surface area contributed by atoms with Crippen LogP contribution in [0.15, 0.2) is 47.9 Å². The zero-order valence-corrected chi connectivity index (χ0v) is 20.3. The lowest BCUT2D eigenvalue weighted by atomic mass is 10.1. The summed E-state index contributed by atoms with van der Waals surface area (Å²) in [5, 5.41) is 13.7. The Hall–Kier alpha value is -3.30. The Morgan fingerprint density at radius 2 is 1.85 bits per heavy atom. The molecular weight excluding hydrogens is 430 g/mol. The molecule has 9 heteroatoms. The second kappa shape index (κ2) is 12.8. The van der Waals surface area contributed by atoms with Crippen LogP contribution in [0, 0.1) is 5.41 Å². The highest BCUT2D eigenvalue weighted by atomic mass is 16.5. The molecule has 0 aliphatic carbocycles. The molecule has 0 unspecified atom stereocenters. The summed E-state index contributed by atoms with van der Waals surface area (Å²) in [6, 6.07) is 8.08. The van der Waals surface area contributed by atoms with Gasteiger partial charge in [-0.3, -0.25) is 14.7 Å². The van der Waals surface area contributed by atoms with Gasteiger partial charge in [-0.15, -0.1) is 0 Å². The van der Waals surface area contributed by atoms with Crippen molar-refractivity contribution in [3.05, 3.63) is 53.5 Å². The SMILES string of the molecule is CN/C(C)=C(\C=N)CN1CCN(c2nccnc2-c2ccc(CNC(=O)CCOC)cc2)CC1. The van der Waals surface area contributed by atoms with Crippen LogP contribution in [0.2, 0.25) is 0 Å². The van der Waals surface area contributed by atoms with Gasteiger partial charge in [0.1, 0.15) is 5.69 Å². The lowest BCUT2D eigenvalue weighted by Gasteiger charge is -2.36. The number of amides is 1. The van der Waals surface area contributed by atoms with Gasteiger partial charge >= 0.3 is 0 Å². The molecule has 3 N–H and O–H groups in total. The first-order chi connectivity index (χ1) is 16.5. The van der Waals surface area contributed by atoms with E-state index in [2.05, 4.69) is 30.4 Å². The number of rotatable bonds is 11. The molecule has 34 heavy (non-hydrogen) atoms. The largest absolute Gasteiger partial charge is 0.391 e. The number of aromatic nitrogens is 2. The van der Waals surface area contributed by atoms with Crippen molar-refractivity contribution < 1.29 is 9.53 Å². The third kappa shape index (κ3) is 6.85. The van der Waals surface area contributed by atoms with Crippen LogP contribution >= 0.6 is 0 Å². The molecule has 0 spiro atoms. The Bertz CT molecular complexity index is 983. The quantitative estimate of drug-likeness (QED) is 0.436. The fourth-order valence-electron chi connectivity index (χ4n) is 3.82. The summed E-state index contributed by atoms with van der Waals surface area (Å²) in [5.74, 6) is 0.864. The lowest BCUT2D eigenvalue weighted by molar-refractivity contribution is -0.122. The highest BCUT2D eigenvalue weighted by Crippen LogP contribution is 2.27. The van der Waals surface area contributed by atoms with Gasteiger partial charge in [0, 0.05) is 95.3 Å². The third-order valence-electron chi connectivity index (χ3n) is 6.03. The number of benzene rings is 1. The number of nitrogens with one attached hydrogen (secondary N) is 3. The van der Waals surface area contributed by atoms with E-state index in [4.69, 9.17) is 10.1 Å². The highest BCUT2D eigenvalue weighted by molar-refractivity contribution is 5.77. The van der Waals surface area contributed by atoms with E-state index in [1.54, 1.807) is 19.5 Å². The van der Waals surface area contributed by atoms with Crippen molar-refractivity contribution in [1.82, 2.24) is 25.5 Å². The lowest BCUT2D eigenvalue weighted by Crippen LogP contribution is -2.47. The smallest absolute Gasteiger partial charge is 0.222 e. The van der Waals surface area contributed by atoms with Crippen LogP contribution in [0.25, 0.3) is 11.3 Å². The van der Waals surface area contributed by atoms with E-state index in [1.165, 1.54) is 6.21 Å². The Kier molecular flexibility index (Phi) is 9.54. The predicted molar refractivity (Wildman–Crippen MR) is 135 cm³/mol. The van der Waals surface area contributed by atoms with Crippen molar-refractivity contribution in [2.24, 2.45) is 0 Å². The molecule has 1 aromatic heterocycles. The van der Waals surface area contributed by atoms with E-state index in [-0.39, 0.29) is 5.91 Å². The van der Waals surface area contributed by atoms with Gasteiger partial charge in [0.2, 0.25) is 5.91 Å². The number of ether oxygens (including phenoxy) is 1. The summed E-state index contributed by atoms with van der Waals surface area (Å²) in [7, 11) is 3.47. The van der Waals surface area contributed by atoms with Crippen molar-refractivity contribution in [2.75, 3.05) is 58.4 Å². The minimum absolute atomic E-state index is 0.0226. The van der Waals surface area contributed by atoms with Gasteiger partial charge in [0.05, 0.1) is 6.61 Å². The van der Waals surface area contributed by atoms with Crippen molar-refractivity contribution >= 4 is 17.9 Å². The molecule has 2 aromatic rings. The van der Waals surface area contributed by atoms with Gasteiger partial charge in [-0.25, -0.2) is 4.98 Å². The molecule has 0 saturated carbocycles. The number of allylic oxidation sites excluding steroid dienone is 1. The van der Waals surface area contributed by atoms with E-state index >= 15 is 0 Å². The first-order valence-electron chi connectivity index (χ1n) is 11.6. The van der Waals surface area contributed by atoms with Gasteiger partial charge in [-0.2, -0.15) is 0 Å². The standard InChI is InChI=1S/C25H35N7O2/c1-19(27-2)22(16-26)18-31-11-13-32(14-12-31)25-24(28-9-10-29-25)21-6-4-20(5-7-21)17-30-23(33)8-15-34-3/h4-7,9-10,16,26-27H,8,11-15,17-18H2,1-3H3,(H,30,33)/b22-19+,26-16?. The van der Waals surface area contributed by atoms with Crippen molar-refractivity contribution in [3.8, 4) is 11.3 Å². The fourth-order valence-corrected chi connectivity index (χ4v) is 3.82.